The molecule has 1 saturated heterocycles. The van der Waals surface area contributed by atoms with Crippen LogP contribution in [0.5, 0.6) is 0 Å². The maximum absolute atomic E-state index is 12.2. The molecule has 7 heteroatoms. The van der Waals surface area contributed by atoms with Crippen molar-refractivity contribution in [3.05, 3.63) is 29.8 Å². The maximum atomic E-state index is 12.2. The highest BCUT2D eigenvalue weighted by Gasteiger charge is 2.25. The van der Waals surface area contributed by atoms with Crippen LogP contribution < -0.4 is 0 Å². The second-order valence-electron chi connectivity index (χ2n) is 12.5. The Morgan fingerprint density at radius 1 is 0.674 bits per heavy atom. The number of ether oxygens (including phenoxy) is 3. The largest absolute Gasteiger partial charge is 0.379 e. The van der Waals surface area contributed by atoms with Crippen LogP contribution in [-0.2, 0) is 28.5 Å². The molecular formula is C36H64O6S. The van der Waals surface area contributed by atoms with Gasteiger partial charge in [-0.15, -0.1) is 0 Å². The SMILES string of the molecule is CCCCCCCCCCCCCCCCCC1OCC(COCCCCCCCCOS(=O)(=O)c2ccc(C)cc2)O1. The molecule has 0 saturated carbocycles. The molecule has 0 aliphatic carbocycles. The van der Waals surface area contributed by atoms with Crippen LogP contribution in [0.15, 0.2) is 29.2 Å². The predicted octanol–water partition coefficient (Wildman–Crippen LogP) is 10.1. The maximum Gasteiger partial charge on any atom is 0.296 e. The van der Waals surface area contributed by atoms with Crippen molar-refractivity contribution >= 4 is 10.1 Å². The third kappa shape index (κ3) is 19.9. The number of benzene rings is 1. The van der Waals surface area contributed by atoms with Crippen LogP contribution in [0, 0.1) is 6.92 Å². The smallest absolute Gasteiger partial charge is 0.296 e. The Labute approximate surface area is 265 Å². The highest BCUT2D eigenvalue weighted by molar-refractivity contribution is 7.86. The van der Waals surface area contributed by atoms with Crippen molar-refractivity contribution in [3.63, 3.8) is 0 Å². The molecule has 2 atom stereocenters. The van der Waals surface area contributed by atoms with E-state index in [1.54, 1.807) is 24.3 Å². The highest BCUT2D eigenvalue weighted by atomic mass is 32.2. The number of rotatable bonds is 29. The van der Waals surface area contributed by atoms with Crippen molar-refractivity contribution in [1.29, 1.82) is 0 Å². The fraction of sp³-hybridized carbons (Fsp3) is 0.833. The van der Waals surface area contributed by atoms with E-state index in [9.17, 15) is 8.42 Å². The lowest BCUT2D eigenvalue weighted by Gasteiger charge is -2.12. The van der Waals surface area contributed by atoms with E-state index < -0.39 is 10.1 Å². The van der Waals surface area contributed by atoms with Crippen molar-refractivity contribution in [3.8, 4) is 0 Å². The minimum Gasteiger partial charge on any atom is -0.379 e. The van der Waals surface area contributed by atoms with E-state index in [-0.39, 0.29) is 23.9 Å². The average Bonchev–Trinajstić information content (AvgIpc) is 3.45. The Morgan fingerprint density at radius 2 is 1.16 bits per heavy atom. The molecule has 0 aromatic heterocycles. The lowest BCUT2D eigenvalue weighted by Crippen LogP contribution is -2.19. The normalized spacial score (nSPS) is 17.2. The van der Waals surface area contributed by atoms with E-state index in [0.29, 0.717) is 13.2 Å². The monoisotopic (exact) mass is 624 g/mol. The zero-order valence-electron chi connectivity index (χ0n) is 27.7. The van der Waals surface area contributed by atoms with Gasteiger partial charge in [-0.1, -0.05) is 140 Å². The molecule has 0 N–H and O–H groups in total. The molecule has 0 radical (unpaired) electrons. The Kier molecular flexibility index (Phi) is 22.4. The topological polar surface area (TPSA) is 71.1 Å². The van der Waals surface area contributed by atoms with Gasteiger partial charge in [0.05, 0.1) is 24.7 Å². The van der Waals surface area contributed by atoms with Crippen molar-refractivity contribution < 1.29 is 26.8 Å². The Hall–Kier alpha value is -0.990. The Bertz CT molecular complexity index is 872. The molecule has 43 heavy (non-hydrogen) atoms. The lowest BCUT2D eigenvalue weighted by atomic mass is 10.0. The van der Waals surface area contributed by atoms with Crippen LogP contribution in [0.4, 0.5) is 0 Å². The molecule has 1 aromatic rings. The van der Waals surface area contributed by atoms with Gasteiger partial charge in [-0.05, 0) is 44.7 Å². The number of hydrogen-bond donors (Lipinski definition) is 0. The summed E-state index contributed by atoms with van der Waals surface area (Å²) in [5.74, 6) is 0. The Balaban J connectivity index is 1.29. The molecule has 1 fully saturated rings. The minimum atomic E-state index is -3.65. The van der Waals surface area contributed by atoms with E-state index in [0.717, 1.165) is 57.1 Å². The summed E-state index contributed by atoms with van der Waals surface area (Å²) < 4.78 is 47.2. The molecule has 2 rings (SSSR count). The fourth-order valence-electron chi connectivity index (χ4n) is 5.60. The number of aryl methyl sites for hydroxylation is 1. The summed E-state index contributed by atoms with van der Waals surface area (Å²) in [4.78, 5) is 0.225. The molecule has 0 bridgehead atoms. The van der Waals surface area contributed by atoms with E-state index >= 15 is 0 Å². The first-order valence-electron chi connectivity index (χ1n) is 17.8. The lowest BCUT2D eigenvalue weighted by molar-refractivity contribution is -0.0761. The minimum absolute atomic E-state index is 0.0496. The third-order valence-corrected chi connectivity index (χ3v) is 9.72. The number of unbranched alkanes of at least 4 members (excludes halogenated alkanes) is 19. The van der Waals surface area contributed by atoms with Crippen molar-refractivity contribution in [2.45, 2.75) is 172 Å². The molecule has 0 amide bonds. The van der Waals surface area contributed by atoms with Crippen molar-refractivity contribution in [1.82, 2.24) is 0 Å². The van der Waals surface area contributed by atoms with Gasteiger partial charge in [-0.25, -0.2) is 0 Å². The van der Waals surface area contributed by atoms with E-state index in [2.05, 4.69) is 6.92 Å². The van der Waals surface area contributed by atoms with E-state index in [4.69, 9.17) is 18.4 Å². The fourth-order valence-corrected chi connectivity index (χ4v) is 6.54. The molecule has 1 aliphatic heterocycles. The van der Waals surface area contributed by atoms with Gasteiger partial charge in [0.1, 0.15) is 6.10 Å². The molecule has 2 unspecified atom stereocenters. The second kappa shape index (κ2) is 25.2. The van der Waals surface area contributed by atoms with Crippen LogP contribution in [0.2, 0.25) is 0 Å². The first-order chi connectivity index (χ1) is 21.0. The number of hydrogen-bond acceptors (Lipinski definition) is 6. The molecule has 250 valence electrons. The first-order valence-corrected chi connectivity index (χ1v) is 19.2. The van der Waals surface area contributed by atoms with E-state index in [1.165, 1.54) is 96.3 Å². The summed E-state index contributed by atoms with van der Waals surface area (Å²) in [5.41, 5.74) is 1.03. The predicted molar refractivity (Wildman–Crippen MR) is 177 cm³/mol. The zero-order valence-corrected chi connectivity index (χ0v) is 28.5. The summed E-state index contributed by atoms with van der Waals surface area (Å²) in [5, 5.41) is 0. The summed E-state index contributed by atoms with van der Waals surface area (Å²) in [6, 6.07) is 6.76. The summed E-state index contributed by atoms with van der Waals surface area (Å²) in [6.07, 6.45) is 27.9. The third-order valence-electron chi connectivity index (χ3n) is 8.39. The molecule has 6 nitrogen and oxygen atoms in total. The molecule has 1 aromatic carbocycles. The standard InChI is InChI=1S/C36H64O6S/c1-3-4-5-6-7-8-9-10-11-12-13-14-15-18-21-24-36-40-32-34(42-36)31-39-29-22-19-16-17-20-23-30-41-43(37,38)35-27-25-33(2)26-28-35/h25-28,34,36H,3-24,29-32H2,1-2H3. The summed E-state index contributed by atoms with van der Waals surface area (Å²) in [7, 11) is -3.65. The second-order valence-corrected chi connectivity index (χ2v) is 14.2. The van der Waals surface area contributed by atoms with E-state index in [1.807, 2.05) is 6.92 Å². The molecular weight excluding hydrogens is 560 g/mol. The van der Waals surface area contributed by atoms with Gasteiger partial charge >= 0.3 is 0 Å². The quantitative estimate of drug-likeness (QED) is 0.0652. The summed E-state index contributed by atoms with van der Waals surface area (Å²) >= 11 is 0. The molecule has 0 spiro atoms. The van der Waals surface area contributed by atoms with Crippen molar-refractivity contribution in [2.24, 2.45) is 0 Å². The molecule has 1 heterocycles. The van der Waals surface area contributed by atoms with Crippen LogP contribution in [0.25, 0.3) is 0 Å². The van der Waals surface area contributed by atoms with Gasteiger partial charge in [0.25, 0.3) is 10.1 Å². The zero-order chi connectivity index (χ0) is 30.9. The van der Waals surface area contributed by atoms with Gasteiger partial charge in [-0.3, -0.25) is 4.18 Å². The van der Waals surface area contributed by atoms with Crippen molar-refractivity contribution in [2.75, 3.05) is 26.4 Å². The molecule has 1 aliphatic rings. The van der Waals surface area contributed by atoms with Crippen LogP contribution >= 0.6 is 0 Å². The van der Waals surface area contributed by atoms with Gasteiger partial charge in [0.2, 0.25) is 0 Å². The van der Waals surface area contributed by atoms with Gasteiger partial charge in [0.15, 0.2) is 6.29 Å². The van der Waals surface area contributed by atoms with Crippen LogP contribution in [0.1, 0.15) is 154 Å². The Morgan fingerprint density at radius 3 is 1.72 bits per heavy atom. The average molecular weight is 625 g/mol. The van der Waals surface area contributed by atoms with Gasteiger partial charge in [-0.2, -0.15) is 8.42 Å². The summed E-state index contributed by atoms with van der Waals surface area (Å²) in [6.45, 7) is 6.46. The van der Waals surface area contributed by atoms with Gasteiger partial charge in [0, 0.05) is 6.61 Å². The van der Waals surface area contributed by atoms with Crippen LogP contribution in [0.3, 0.4) is 0 Å². The van der Waals surface area contributed by atoms with Gasteiger partial charge < -0.3 is 14.2 Å². The first kappa shape index (κ1) is 38.2. The van der Waals surface area contributed by atoms with Crippen LogP contribution in [-0.4, -0.2) is 47.2 Å². The highest BCUT2D eigenvalue weighted by Crippen LogP contribution is 2.20.